The molecule has 66 valence electrons. The Bertz CT molecular complexity index is 90.2. The molecular weight excluding hydrogens is 136 g/mol. The third kappa shape index (κ3) is 6.32. The van der Waals surface area contributed by atoms with Gasteiger partial charge in [-0.2, -0.15) is 0 Å². The van der Waals surface area contributed by atoms with Crippen LogP contribution in [0.2, 0.25) is 0 Å². The maximum Gasteiger partial charge on any atom is 0.143 e. The lowest BCUT2D eigenvalue weighted by atomic mass is 10.1. The average molecular weight is 156 g/mol. The molecule has 0 aromatic carbocycles. The van der Waals surface area contributed by atoms with Crippen molar-refractivity contribution in [2.75, 3.05) is 13.1 Å². The second-order valence-electron chi connectivity index (χ2n) is 3.66. The van der Waals surface area contributed by atoms with Crippen molar-refractivity contribution in [3.8, 4) is 0 Å². The molecule has 0 aliphatic carbocycles. The molecule has 0 aliphatic heterocycles. The molecule has 0 saturated heterocycles. The SMILES string of the molecule is CCN([C]NC(C)(C)C)CC. The standard InChI is InChI=1S/C9H20N2/c1-6-11(7-2)8-10-9(3,4)5/h10H,6-7H2,1-5H3. The topological polar surface area (TPSA) is 15.3 Å². The summed E-state index contributed by atoms with van der Waals surface area (Å²) in [6, 6.07) is 0. The first kappa shape index (κ1) is 10.9. The lowest BCUT2D eigenvalue weighted by Crippen LogP contribution is -2.39. The van der Waals surface area contributed by atoms with Crippen LogP contribution in [0.3, 0.4) is 0 Å². The van der Waals surface area contributed by atoms with Crippen molar-refractivity contribution in [1.82, 2.24) is 10.2 Å². The van der Waals surface area contributed by atoms with Crippen molar-refractivity contribution in [1.29, 1.82) is 0 Å². The van der Waals surface area contributed by atoms with Crippen LogP contribution in [0.4, 0.5) is 0 Å². The molecule has 0 aromatic heterocycles. The molecule has 0 heterocycles. The van der Waals surface area contributed by atoms with Crippen LogP contribution in [0.5, 0.6) is 0 Å². The van der Waals surface area contributed by atoms with Gasteiger partial charge in [0.2, 0.25) is 0 Å². The highest BCUT2D eigenvalue weighted by Crippen LogP contribution is 2.00. The minimum Gasteiger partial charge on any atom is -0.289 e. The highest BCUT2D eigenvalue weighted by atomic mass is 15.2. The monoisotopic (exact) mass is 156 g/mol. The maximum absolute atomic E-state index is 3.20. The lowest BCUT2D eigenvalue weighted by molar-refractivity contribution is 0.303. The summed E-state index contributed by atoms with van der Waals surface area (Å²) in [5.41, 5.74) is 0.128. The Labute approximate surface area is 71.0 Å². The van der Waals surface area contributed by atoms with E-state index in [1.54, 1.807) is 0 Å². The zero-order valence-electron chi connectivity index (χ0n) is 8.36. The van der Waals surface area contributed by atoms with E-state index in [1.807, 2.05) is 0 Å². The Hall–Kier alpha value is -0.0800. The van der Waals surface area contributed by atoms with Crippen molar-refractivity contribution < 1.29 is 0 Å². The molecule has 2 nitrogen and oxygen atoms in total. The summed E-state index contributed by atoms with van der Waals surface area (Å²) in [6.07, 6.45) is 0. The second-order valence-corrected chi connectivity index (χ2v) is 3.66. The van der Waals surface area contributed by atoms with Gasteiger partial charge in [-0.1, -0.05) is 13.8 Å². The molecule has 2 heteroatoms. The Morgan fingerprint density at radius 1 is 1.18 bits per heavy atom. The predicted molar refractivity (Wildman–Crippen MR) is 49.1 cm³/mol. The van der Waals surface area contributed by atoms with Gasteiger partial charge in [0.15, 0.2) is 0 Å². The molecule has 2 radical (unpaired) electrons. The molecule has 0 aliphatic rings. The lowest BCUT2D eigenvalue weighted by Gasteiger charge is -2.24. The first-order valence-electron chi connectivity index (χ1n) is 4.27. The largest absolute Gasteiger partial charge is 0.289 e. The van der Waals surface area contributed by atoms with Gasteiger partial charge in [0.25, 0.3) is 0 Å². The van der Waals surface area contributed by atoms with Gasteiger partial charge in [0.05, 0.1) is 0 Å². The summed E-state index contributed by atoms with van der Waals surface area (Å²) >= 11 is 0. The van der Waals surface area contributed by atoms with Crippen molar-refractivity contribution in [3.05, 3.63) is 6.67 Å². The molecule has 0 unspecified atom stereocenters. The van der Waals surface area contributed by atoms with Crippen molar-refractivity contribution in [2.45, 2.75) is 40.2 Å². The van der Waals surface area contributed by atoms with Crippen LogP contribution in [0.15, 0.2) is 0 Å². The van der Waals surface area contributed by atoms with E-state index >= 15 is 0 Å². The minimum absolute atomic E-state index is 0.128. The zero-order chi connectivity index (χ0) is 8.91. The number of nitrogens with one attached hydrogen (secondary N) is 1. The maximum atomic E-state index is 3.20. The van der Waals surface area contributed by atoms with E-state index in [2.05, 4.69) is 51.5 Å². The summed E-state index contributed by atoms with van der Waals surface area (Å²) in [4.78, 5) is 2.12. The summed E-state index contributed by atoms with van der Waals surface area (Å²) in [5.74, 6) is 0. The fraction of sp³-hybridized carbons (Fsp3) is 0.889. The molecule has 0 saturated carbocycles. The Kier molecular flexibility index (Phi) is 4.69. The predicted octanol–water partition coefficient (Wildman–Crippen LogP) is 1.71. The molecule has 0 spiro atoms. The summed E-state index contributed by atoms with van der Waals surface area (Å²) < 4.78 is 0. The highest BCUT2D eigenvalue weighted by Gasteiger charge is 2.10. The normalized spacial score (nSPS) is 12.5. The second kappa shape index (κ2) is 4.73. The smallest absolute Gasteiger partial charge is 0.143 e. The van der Waals surface area contributed by atoms with E-state index in [9.17, 15) is 0 Å². The van der Waals surface area contributed by atoms with E-state index in [-0.39, 0.29) is 5.54 Å². The van der Waals surface area contributed by atoms with Gasteiger partial charge in [-0.15, -0.1) is 0 Å². The van der Waals surface area contributed by atoms with Crippen molar-refractivity contribution in [2.24, 2.45) is 0 Å². The van der Waals surface area contributed by atoms with E-state index < -0.39 is 0 Å². The Morgan fingerprint density at radius 3 is 1.91 bits per heavy atom. The van der Waals surface area contributed by atoms with Gasteiger partial charge in [0.1, 0.15) is 6.67 Å². The molecule has 0 fully saturated rings. The fourth-order valence-corrected chi connectivity index (χ4v) is 0.628. The highest BCUT2D eigenvalue weighted by molar-refractivity contribution is 4.76. The van der Waals surface area contributed by atoms with E-state index in [0.29, 0.717) is 0 Å². The van der Waals surface area contributed by atoms with Crippen molar-refractivity contribution in [3.63, 3.8) is 0 Å². The first-order chi connectivity index (χ1) is 4.99. The van der Waals surface area contributed by atoms with Crippen LogP contribution in [0, 0.1) is 6.67 Å². The van der Waals surface area contributed by atoms with E-state index in [1.165, 1.54) is 0 Å². The first-order valence-corrected chi connectivity index (χ1v) is 4.27. The van der Waals surface area contributed by atoms with Gasteiger partial charge in [-0.3, -0.25) is 10.2 Å². The van der Waals surface area contributed by atoms with Gasteiger partial charge in [0, 0.05) is 5.54 Å². The van der Waals surface area contributed by atoms with Crippen LogP contribution in [-0.2, 0) is 0 Å². The van der Waals surface area contributed by atoms with E-state index in [0.717, 1.165) is 13.1 Å². The molecule has 0 rings (SSSR count). The van der Waals surface area contributed by atoms with Gasteiger partial charge in [-0.25, -0.2) is 0 Å². The van der Waals surface area contributed by atoms with Crippen LogP contribution in [0.25, 0.3) is 0 Å². The quantitative estimate of drug-likeness (QED) is 0.623. The van der Waals surface area contributed by atoms with Gasteiger partial charge in [-0.05, 0) is 33.9 Å². The third-order valence-electron chi connectivity index (χ3n) is 1.35. The fourth-order valence-electron chi connectivity index (χ4n) is 0.628. The Balaban J connectivity index is 3.51. The molecule has 0 amide bonds. The van der Waals surface area contributed by atoms with E-state index in [4.69, 9.17) is 0 Å². The number of rotatable bonds is 4. The molecule has 0 aromatic rings. The van der Waals surface area contributed by atoms with Crippen LogP contribution in [0.1, 0.15) is 34.6 Å². The van der Waals surface area contributed by atoms with Gasteiger partial charge >= 0.3 is 0 Å². The Morgan fingerprint density at radius 2 is 1.64 bits per heavy atom. The minimum atomic E-state index is 0.128. The molecule has 11 heavy (non-hydrogen) atoms. The molecule has 1 N–H and O–H groups in total. The van der Waals surface area contributed by atoms with Crippen LogP contribution < -0.4 is 5.32 Å². The molecule has 0 atom stereocenters. The summed E-state index contributed by atoms with van der Waals surface area (Å²) in [6.45, 7) is 15.8. The number of hydrogen-bond acceptors (Lipinski definition) is 2. The van der Waals surface area contributed by atoms with Crippen molar-refractivity contribution >= 4 is 0 Å². The summed E-state index contributed by atoms with van der Waals surface area (Å²) in [7, 11) is 0. The van der Waals surface area contributed by atoms with Crippen LogP contribution in [-0.4, -0.2) is 23.5 Å². The number of nitrogens with zero attached hydrogens (tertiary/aromatic N) is 1. The third-order valence-corrected chi connectivity index (χ3v) is 1.35. The molecular formula is C9H20N2. The zero-order valence-corrected chi connectivity index (χ0v) is 8.36. The molecule has 0 bridgehead atoms. The summed E-state index contributed by atoms with van der Waals surface area (Å²) in [5, 5.41) is 3.20. The number of hydrogen-bond donors (Lipinski definition) is 1. The average Bonchev–Trinajstić information content (AvgIpc) is 1.88. The van der Waals surface area contributed by atoms with Crippen LogP contribution >= 0.6 is 0 Å². The van der Waals surface area contributed by atoms with Gasteiger partial charge < -0.3 is 0 Å².